The Morgan fingerprint density at radius 1 is 1.08 bits per heavy atom. The van der Waals surface area contributed by atoms with Crippen LogP contribution in [0.5, 0.6) is 0 Å². The van der Waals surface area contributed by atoms with E-state index < -0.39 is 17.8 Å². The summed E-state index contributed by atoms with van der Waals surface area (Å²) < 4.78 is 45.5. The molecule has 4 heterocycles. The minimum absolute atomic E-state index is 0.101. The Labute approximate surface area is 208 Å². The number of amides is 1. The van der Waals surface area contributed by atoms with E-state index >= 15 is 0 Å². The topological polar surface area (TPSA) is 108 Å². The van der Waals surface area contributed by atoms with Gasteiger partial charge in [0.2, 0.25) is 5.91 Å². The van der Waals surface area contributed by atoms with Crippen LogP contribution in [0.15, 0.2) is 36.0 Å². The van der Waals surface area contributed by atoms with Crippen LogP contribution >= 0.6 is 11.8 Å². The van der Waals surface area contributed by atoms with Gasteiger partial charge in [0.25, 0.3) is 0 Å². The third-order valence-electron chi connectivity index (χ3n) is 5.24. The van der Waals surface area contributed by atoms with Gasteiger partial charge in [0.15, 0.2) is 5.16 Å². The molecule has 190 valence electrons. The monoisotopic (exact) mass is 519 g/mol. The van der Waals surface area contributed by atoms with E-state index in [1.54, 1.807) is 33.4 Å². The van der Waals surface area contributed by atoms with Crippen molar-refractivity contribution < 1.29 is 18.0 Å². The van der Waals surface area contributed by atoms with Crippen LogP contribution in [-0.4, -0.2) is 51.0 Å². The molecular weight excluding hydrogens is 495 g/mol. The first-order chi connectivity index (χ1) is 17.0. The summed E-state index contributed by atoms with van der Waals surface area (Å²) in [6.07, 6.45) is 2.04. The van der Waals surface area contributed by atoms with Crippen LogP contribution < -0.4 is 5.32 Å². The lowest BCUT2D eigenvalue weighted by atomic mass is 10.1. The molecule has 0 aromatic carbocycles. The van der Waals surface area contributed by atoms with Crippen molar-refractivity contribution >= 4 is 23.4 Å². The molecule has 1 amide bonds. The van der Waals surface area contributed by atoms with Crippen LogP contribution in [0.1, 0.15) is 29.6 Å². The van der Waals surface area contributed by atoms with Gasteiger partial charge in [0.05, 0.1) is 41.3 Å². The Balaban J connectivity index is 1.45. The quantitative estimate of drug-likeness (QED) is 0.279. The van der Waals surface area contributed by atoms with Crippen molar-refractivity contribution in [1.82, 2.24) is 39.3 Å². The summed E-state index contributed by atoms with van der Waals surface area (Å²) in [7, 11) is 1.83. The maximum atomic E-state index is 13.5. The van der Waals surface area contributed by atoms with Crippen molar-refractivity contribution in [3.63, 3.8) is 0 Å². The van der Waals surface area contributed by atoms with E-state index in [0.29, 0.717) is 30.0 Å². The van der Waals surface area contributed by atoms with Gasteiger partial charge in [0.1, 0.15) is 5.69 Å². The first-order valence-electron chi connectivity index (χ1n) is 11.0. The highest BCUT2D eigenvalue weighted by molar-refractivity contribution is 7.99. The second-order valence-electron chi connectivity index (χ2n) is 8.08. The van der Waals surface area contributed by atoms with Crippen molar-refractivity contribution in [1.29, 1.82) is 0 Å². The SMILES string of the molecule is CCn1cc(-c2cc(C(F)(F)F)nc(SCC(=O)Nc3cnn(Cc4cn(C)nc4C)c3)n2)c(C)n1. The van der Waals surface area contributed by atoms with Crippen LogP contribution in [0.4, 0.5) is 18.9 Å². The Kier molecular flexibility index (Phi) is 7.15. The summed E-state index contributed by atoms with van der Waals surface area (Å²) in [5.74, 6) is -0.601. The highest BCUT2D eigenvalue weighted by Crippen LogP contribution is 2.32. The van der Waals surface area contributed by atoms with Crippen LogP contribution in [0.3, 0.4) is 0 Å². The van der Waals surface area contributed by atoms with Crippen molar-refractivity contribution in [3.8, 4) is 11.3 Å². The predicted octanol–water partition coefficient (Wildman–Crippen LogP) is 3.70. The number of aryl methyl sites for hydroxylation is 4. The molecule has 0 unspecified atom stereocenters. The Bertz CT molecular complexity index is 1390. The molecule has 0 saturated heterocycles. The average molecular weight is 520 g/mol. The fourth-order valence-electron chi connectivity index (χ4n) is 3.52. The van der Waals surface area contributed by atoms with Gasteiger partial charge in [-0.1, -0.05) is 11.8 Å². The summed E-state index contributed by atoms with van der Waals surface area (Å²) in [6, 6.07) is 0.895. The zero-order chi connectivity index (χ0) is 26.0. The number of alkyl halides is 3. The van der Waals surface area contributed by atoms with E-state index in [-0.39, 0.29) is 16.6 Å². The first-order valence-corrected chi connectivity index (χ1v) is 11.9. The van der Waals surface area contributed by atoms with Gasteiger partial charge in [0, 0.05) is 43.3 Å². The van der Waals surface area contributed by atoms with Gasteiger partial charge in [-0.3, -0.25) is 18.8 Å². The molecule has 0 atom stereocenters. The summed E-state index contributed by atoms with van der Waals surface area (Å²) >= 11 is 0.820. The van der Waals surface area contributed by atoms with E-state index in [0.717, 1.165) is 29.1 Å². The van der Waals surface area contributed by atoms with Gasteiger partial charge >= 0.3 is 6.18 Å². The Morgan fingerprint density at radius 3 is 2.50 bits per heavy atom. The number of thioether (sulfide) groups is 1. The largest absolute Gasteiger partial charge is 0.433 e. The van der Waals surface area contributed by atoms with Crippen LogP contribution in [-0.2, 0) is 31.1 Å². The Morgan fingerprint density at radius 2 is 1.86 bits per heavy atom. The molecular formula is C22H24F3N9OS. The minimum Gasteiger partial charge on any atom is -0.323 e. The summed E-state index contributed by atoms with van der Waals surface area (Å²) in [6.45, 7) is 6.53. The molecule has 36 heavy (non-hydrogen) atoms. The van der Waals surface area contributed by atoms with E-state index in [1.807, 2.05) is 27.1 Å². The number of rotatable bonds is 8. The van der Waals surface area contributed by atoms with E-state index in [4.69, 9.17) is 0 Å². The summed E-state index contributed by atoms with van der Waals surface area (Å²) in [5, 5.41) is 15.3. The molecule has 4 rings (SSSR count). The van der Waals surface area contributed by atoms with Gasteiger partial charge in [-0.15, -0.1) is 0 Å². The number of nitrogens with one attached hydrogen (secondary N) is 1. The molecule has 0 fully saturated rings. The van der Waals surface area contributed by atoms with E-state index in [9.17, 15) is 18.0 Å². The normalized spacial score (nSPS) is 11.8. The van der Waals surface area contributed by atoms with Gasteiger partial charge in [-0.2, -0.15) is 28.5 Å². The van der Waals surface area contributed by atoms with Crippen LogP contribution in [0, 0.1) is 13.8 Å². The van der Waals surface area contributed by atoms with E-state index in [1.165, 1.54) is 6.20 Å². The second-order valence-corrected chi connectivity index (χ2v) is 9.02. The van der Waals surface area contributed by atoms with Crippen LogP contribution in [0.2, 0.25) is 0 Å². The number of halogens is 3. The number of anilines is 1. The van der Waals surface area contributed by atoms with Crippen molar-refractivity contribution in [2.75, 3.05) is 11.1 Å². The lowest BCUT2D eigenvalue weighted by molar-refractivity contribution is -0.141. The third kappa shape index (κ3) is 5.93. The average Bonchev–Trinajstić information content (AvgIpc) is 3.50. The number of carbonyl (C=O) groups is 1. The fraction of sp³-hybridized carbons (Fsp3) is 0.364. The van der Waals surface area contributed by atoms with Gasteiger partial charge in [-0.25, -0.2) is 9.97 Å². The zero-order valence-corrected chi connectivity index (χ0v) is 20.9. The highest BCUT2D eigenvalue weighted by Gasteiger charge is 2.34. The smallest absolute Gasteiger partial charge is 0.323 e. The molecule has 0 saturated carbocycles. The number of aromatic nitrogens is 8. The molecule has 4 aromatic heterocycles. The number of hydrogen-bond donors (Lipinski definition) is 1. The van der Waals surface area contributed by atoms with Gasteiger partial charge < -0.3 is 5.32 Å². The number of carbonyl (C=O) groups excluding carboxylic acids is 1. The molecule has 1 N–H and O–H groups in total. The number of nitrogens with zero attached hydrogens (tertiary/aromatic N) is 8. The van der Waals surface area contributed by atoms with Crippen molar-refractivity contribution in [2.24, 2.45) is 7.05 Å². The molecule has 0 spiro atoms. The lowest BCUT2D eigenvalue weighted by Crippen LogP contribution is -2.15. The summed E-state index contributed by atoms with van der Waals surface area (Å²) in [5.41, 5.74) is 2.40. The third-order valence-corrected chi connectivity index (χ3v) is 6.09. The molecule has 0 aliphatic heterocycles. The summed E-state index contributed by atoms with van der Waals surface area (Å²) in [4.78, 5) is 20.4. The minimum atomic E-state index is -4.66. The standard InChI is InChI=1S/C22H24F3N9OS/c1-5-33-11-17(14(3)31-33)18-6-19(22(23,24)25)29-21(28-18)36-12-20(35)27-16-7-26-34(10-16)9-15-8-32(4)30-13(15)2/h6-8,10-11H,5,9,12H2,1-4H3,(H,27,35). The maximum absolute atomic E-state index is 13.5. The molecule has 14 heteroatoms. The predicted molar refractivity (Wildman–Crippen MR) is 127 cm³/mol. The van der Waals surface area contributed by atoms with Crippen molar-refractivity contribution in [2.45, 2.75) is 45.2 Å². The highest BCUT2D eigenvalue weighted by atomic mass is 32.2. The lowest BCUT2D eigenvalue weighted by Gasteiger charge is -2.10. The van der Waals surface area contributed by atoms with Crippen molar-refractivity contribution in [3.05, 3.63) is 53.5 Å². The molecule has 4 aromatic rings. The van der Waals surface area contributed by atoms with Crippen LogP contribution in [0.25, 0.3) is 11.3 Å². The maximum Gasteiger partial charge on any atom is 0.433 e. The molecule has 0 aliphatic carbocycles. The van der Waals surface area contributed by atoms with Gasteiger partial charge in [-0.05, 0) is 26.8 Å². The number of hydrogen-bond acceptors (Lipinski definition) is 7. The second kappa shape index (κ2) is 10.1. The zero-order valence-electron chi connectivity index (χ0n) is 20.0. The molecule has 0 aliphatic rings. The van der Waals surface area contributed by atoms with E-state index in [2.05, 4.69) is 30.6 Å². The molecule has 0 radical (unpaired) electrons. The fourth-order valence-corrected chi connectivity index (χ4v) is 4.18. The Hall–Kier alpha value is -3.68. The first kappa shape index (κ1) is 25.4. The molecule has 10 nitrogen and oxygen atoms in total. The molecule has 0 bridgehead atoms.